The number of H-pyrrole nitrogens is 1. The predicted molar refractivity (Wildman–Crippen MR) is 69.1 cm³/mol. The fourth-order valence-electron chi connectivity index (χ4n) is 1.86. The smallest absolute Gasteiger partial charge is 0.355 e. The van der Waals surface area contributed by atoms with Gasteiger partial charge >= 0.3 is 11.9 Å². The highest BCUT2D eigenvalue weighted by molar-refractivity contribution is 6.06. The zero-order valence-corrected chi connectivity index (χ0v) is 10.3. The summed E-state index contributed by atoms with van der Waals surface area (Å²) >= 11 is 0. The van der Waals surface area contributed by atoms with E-state index in [1.807, 2.05) is 6.07 Å². The van der Waals surface area contributed by atoms with Gasteiger partial charge in [-0.1, -0.05) is 30.3 Å². The van der Waals surface area contributed by atoms with Crippen molar-refractivity contribution in [3.8, 4) is 11.1 Å². The van der Waals surface area contributed by atoms with Crippen LogP contribution in [0, 0.1) is 0 Å². The molecule has 0 unspecified atom stereocenters. The van der Waals surface area contributed by atoms with E-state index in [0.29, 0.717) is 5.56 Å². The molecule has 0 atom stereocenters. The third-order valence-corrected chi connectivity index (χ3v) is 2.66. The van der Waals surface area contributed by atoms with Crippen molar-refractivity contribution in [3.63, 3.8) is 0 Å². The van der Waals surface area contributed by atoms with Crippen LogP contribution in [-0.4, -0.2) is 28.6 Å². The molecule has 1 heterocycles. The number of carbonyl (C=O) groups excluding carboxylic acids is 1. The number of carboxylic acid groups (broad SMARTS) is 1. The average Bonchev–Trinajstić information content (AvgIpc) is 2.85. The first-order chi connectivity index (χ1) is 9.15. The Hall–Kier alpha value is -2.56. The first kappa shape index (κ1) is 12.9. The molecular formula is C14H13NO4. The van der Waals surface area contributed by atoms with E-state index < -0.39 is 11.9 Å². The van der Waals surface area contributed by atoms with Crippen molar-refractivity contribution in [2.24, 2.45) is 0 Å². The highest BCUT2D eigenvalue weighted by Gasteiger charge is 2.24. The molecule has 2 N–H and O–H groups in total. The van der Waals surface area contributed by atoms with Gasteiger partial charge in [-0.2, -0.15) is 0 Å². The maximum absolute atomic E-state index is 11.7. The molecule has 0 saturated carbocycles. The van der Waals surface area contributed by atoms with Crippen LogP contribution in [0.5, 0.6) is 0 Å². The zero-order chi connectivity index (χ0) is 13.8. The summed E-state index contributed by atoms with van der Waals surface area (Å²) < 4.78 is 4.83. The summed E-state index contributed by atoms with van der Waals surface area (Å²) in [4.78, 5) is 25.7. The maximum Gasteiger partial charge on any atom is 0.355 e. The Morgan fingerprint density at radius 1 is 1.26 bits per heavy atom. The first-order valence-corrected chi connectivity index (χ1v) is 5.82. The lowest BCUT2D eigenvalue weighted by Crippen LogP contribution is -2.11. The van der Waals surface area contributed by atoms with Crippen LogP contribution in [0.25, 0.3) is 11.1 Å². The van der Waals surface area contributed by atoms with Crippen LogP contribution < -0.4 is 0 Å². The number of nitrogens with one attached hydrogen (secondary N) is 1. The van der Waals surface area contributed by atoms with Crippen molar-refractivity contribution < 1.29 is 19.4 Å². The molecule has 0 aliphatic rings. The van der Waals surface area contributed by atoms with E-state index >= 15 is 0 Å². The van der Waals surface area contributed by atoms with Crippen molar-refractivity contribution in [1.82, 2.24) is 4.98 Å². The molecule has 0 fully saturated rings. The topological polar surface area (TPSA) is 79.4 Å². The molecule has 1 aromatic carbocycles. The predicted octanol–water partition coefficient (Wildman–Crippen LogP) is 2.56. The molecule has 0 amide bonds. The van der Waals surface area contributed by atoms with Gasteiger partial charge in [0, 0.05) is 11.8 Å². The SMILES string of the molecule is CCOC(=O)c1[nH]cc(-c2ccccc2)c1C(=O)O. The lowest BCUT2D eigenvalue weighted by atomic mass is 10.0. The van der Waals surface area contributed by atoms with Gasteiger partial charge in [0.25, 0.3) is 0 Å². The molecule has 2 rings (SSSR count). The Bertz CT molecular complexity index is 601. The maximum atomic E-state index is 11.7. The number of carboxylic acids is 1. The van der Waals surface area contributed by atoms with Gasteiger partial charge in [-0.15, -0.1) is 0 Å². The Morgan fingerprint density at radius 2 is 1.95 bits per heavy atom. The molecule has 1 aromatic heterocycles. The molecule has 0 aliphatic carbocycles. The van der Waals surface area contributed by atoms with Crippen LogP contribution in [0.4, 0.5) is 0 Å². The van der Waals surface area contributed by atoms with Crippen LogP contribution in [0.15, 0.2) is 36.5 Å². The van der Waals surface area contributed by atoms with Crippen molar-refractivity contribution >= 4 is 11.9 Å². The average molecular weight is 259 g/mol. The fourth-order valence-corrected chi connectivity index (χ4v) is 1.86. The molecule has 19 heavy (non-hydrogen) atoms. The number of rotatable bonds is 4. The van der Waals surface area contributed by atoms with Gasteiger partial charge in [-0.25, -0.2) is 9.59 Å². The minimum absolute atomic E-state index is 0.0341. The lowest BCUT2D eigenvalue weighted by molar-refractivity contribution is 0.0509. The van der Waals surface area contributed by atoms with Crippen molar-refractivity contribution in [2.75, 3.05) is 6.61 Å². The number of ether oxygens (including phenoxy) is 1. The summed E-state index contributed by atoms with van der Waals surface area (Å²) in [5, 5.41) is 9.29. The molecule has 5 heteroatoms. The van der Waals surface area contributed by atoms with Gasteiger partial charge in [0.1, 0.15) is 5.69 Å². The van der Waals surface area contributed by atoms with Crippen molar-refractivity contribution in [3.05, 3.63) is 47.8 Å². The standard InChI is InChI=1S/C14H13NO4/c1-2-19-14(18)12-11(13(16)17)10(8-15-12)9-6-4-3-5-7-9/h3-8,15H,2H2,1H3,(H,16,17). The summed E-state index contributed by atoms with van der Waals surface area (Å²) in [5.74, 6) is -1.83. The molecule has 98 valence electrons. The summed E-state index contributed by atoms with van der Waals surface area (Å²) in [6, 6.07) is 9.01. The molecule has 0 radical (unpaired) electrons. The second-order valence-corrected chi connectivity index (χ2v) is 3.84. The van der Waals surface area contributed by atoms with Gasteiger partial charge < -0.3 is 14.8 Å². The van der Waals surface area contributed by atoms with E-state index in [1.165, 1.54) is 6.20 Å². The van der Waals surface area contributed by atoms with E-state index in [9.17, 15) is 14.7 Å². The summed E-state index contributed by atoms with van der Waals surface area (Å²) in [7, 11) is 0. The minimum atomic E-state index is -1.16. The second-order valence-electron chi connectivity index (χ2n) is 3.84. The Balaban J connectivity index is 2.52. The normalized spacial score (nSPS) is 10.2. The Labute approximate surface area is 109 Å². The second kappa shape index (κ2) is 5.39. The largest absolute Gasteiger partial charge is 0.478 e. The lowest BCUT2D eigenvalue weighted by Gasteiger charge is -2.03. The molecule has 0 saturated heterocycles. The van der Waals surface area contributed by atoms with E-state index in [1.54, 1.807) is 31.2 Å². The number of aromatic amines is 1. The molecule has 0 aliphatic heterocycles. The number of aromatic nitrogens is 1. The van der Waals surface area contributed by atoms with Crippen LogP contribution >= 0.6 is 0 Å². The number of carbonyl (C=O) groups is 2. The fraction of sp³-hybridized carbons (Fsp3) is 0.143. The molecule has 0 bridgehead atoms. The number of aromatic carboxylic acids is 1. The summed E-state index contributed by atoms with van der Waals surface area (Å²) in [6.45, 7) is 1.86. The van der Waals surface area contributed by atoms with Gasteiger partial charge in [0.05, 0.1) is 12.2 Å². The number of hydrogen-bond donors (Lipinski definition) is 2. The number of esters is 1. The Kier molecular flexibility index (Phi) is 3.66. The van der Waals surface area contributed by atoms with E-state index in [0.717, 1.165) is 5.56 Å². The van der Waals surface area contributed by atoms with Crippen LogP contribution in [0.2, 0.25) is 0 Å². The van der Waals surface area contributed by atoms with Crippen LogP contribution in [0.3, 0.4) is 0 Å². The van der Waals surface area contributed by atoms with Gasteiger partial charge in [-0.05, 0) is 12.5 Å². The number of benzene rings is 1. The third-order valence-electron chi connectivity index (χ3n) is 2.66. The van der Waals surface area contributed by atoms with Crippen LogP contribution in [0.1, 0.15) is 27.8 Å². The zero-order valence-electron chi connectivity index (χ0n) is 10.3. The molecule has 2 aromatic rings. The number of hydrogen-bond acceptors (Lipinski definition) is 3. The van der Waals surface area contributed by atoms with Crippen molar-refractivity contribution in [1.29, 1.82) is 0 Å². The van der Waals surface area contributed by atoms with Gasteiger partial charge in [0.2, 0.25) is 0 Å². The third kappa shape index (κ3) is 2.49. The Morgan fingerprint density at radius 3 is 2.53 bits per heavy atom. The first-order valence-electron chi connectivity index (χ1n) is 5.82. The van der Waals surface area contributed by atoms with Gasteiger partial charge in [-0.3, -0.25) is 0 Å². The van der Waals surface area contributed by atoms with E-state index in [2.05, 4.69) is 4.98 Å². The van der Waals surface area contributed by atoms with Crippen molar-refractivity contribution in [2.45, 2.75) is 6.92 Å². The minimum Gasteiger partial charge on any atom is -0.478 e. The molecule has 0 spiro atoms. The van der Waals surface area contributed by atoms with Crippen LogP contribution in [-0.2, 0) is 4.74 Å². The molecular weight excluding hydrogens is 246 g/mol. The summed E-state index contributed by atoms with van der Waals surface area (Å²) in [5.41, 5.74) is 1.10. The highest BCUT2D eigenvalue weighted by Crippen LogP contribution is 2.26. The van der Waals surface area contributed by atoms with E-state index in [4.69, 9.17) is 4.74 Å². The van der Waals surface area contributed by atoms with Gasteiger partial charge in [0.15, 0.2) is 0 Å². The summed E-state index contributed by atoms with van der Waals surface area (Å²) in [6.07, 6.45) is 1.50. The highest BCUT2D eigenvalue weighted by atomic mass is 16.5. The molecule has 5 nitrogen and oxygen atoms in total. The van der Waals surface area contributed by atoms with E-state index in [-0.39, 0.29) is 17.9 Å². The monoisotopic (exact) mass is 259 g/mol. The quantitative estimate of drug-likeness (QED) is 0.827.